The monoisotopic (exact) mass is 476 g/mol. The first kappa shape index (κ1) is 25.3. The van der Waals surface area contributed by atoms with Gasteiger partial charge in [-0.15, -0.1) is 0 Å². The van der Waals surface area contributed by atoms with Gasteiger partial charge >= 0.3 is 0 Å². The summed E-state index contributed by atoms with van der Waals surface area (Å²) in [6.45, 7) is 9.90. The van der Waals surface area contributed by atoms with E-state index in [-0.39, 0.29) is 22.6 Å². The summed E-state index contributed by atoms with van der Waals surface area (Å²) in [4.78, 5) is 30.8. The van der Waals surface area contributed by atoms with Crippen LogP contribution in [0.3, 0.4) is 0 Å². The summed E-state index contributed by atoms with van der Waals surface area (Å²) in [6, 6.07) is 17.8. The molecule has 0 radical (unpaired) electrons. The van der Waals surface area contributed by atoms with Gasteiger partial charge in [0.1, 0.15) is 5.75 Å². The average molecular weight is 477 g/mol. The average Bonchev–Trinajstić information content (AvgIpc) is 2.88. The molecule has 5 heteroatoms. The highest BCUT2D eigenvalue weighted by Crippen LogP contribution is 2.36. The Kier molecular flexibility index (Phi) is 7.83. The molecule has 0 aromatic heterocycles. The zero-order chi connectivity index (χ0) is 24.9. The predicted octanol–water partition coefficient (Wildman–Crippen LogP) is 5.69. The van der Waals surface area contributed by atoms with Gasteiger partial charge in [0.25, 0.3) is 5.91 Å². The second kappa shape index (κ2) is 10.8. The van der Waals surface area contributed by atoms with E-state index in [2.05, 4.69) is 32.9 Å². The largest absolute Gasteiger partial charge is 0.493 e. The van der Waals surface area contributed by atoms with Crippen molar-refractivity contribution in [3.05, 3.63) is 65.7 Å². The Hall–Kier alpha value is -2.82. The van der Waals surface area contributed by atoms with E-state index in [9.17, 15) is 9.59 Å². The zero-order valence-corrected chi connectivity index (χ0v) is 21.6. The summed E-state index contributed by atoms with van der Waals surface area (Å²) in [6.07, 6.45) is 5.53. The number of nitrogens with zero attached hydrogens (tertiary/aromatic N) is 2. The minimum atomic E-state index is -0.385. The molecule has 0 unspecified atom stereocenters. The Morgan fingerprint density at radius 1 is 0.857 bits per heavy atom. The number of carbonyl (C=O) groups excluding carboxylic acids is 2. The molecule has 0 saturated carbocycles. The predicted molar refractivity (Wildman–Crippen MR) is 140 cm³/mol. The number of hydrogen-bond donors (Lipinski definition) is 0. The standard InChI is InChI=1S/C30H40N2O3/c1-29(2,3)25-15-13-24(14-16-25)28(34)32-20-10-17-30(22-32,23-35-26-11-6-4-7-12-26)21-27(33)31-18-8-5-9-19-31/h4,6-7,11-16H,5,8-10,17-23H2,1-3H3/t30-/m0/s1. The van der Waals surface area contributed by atoms with Crippen LogP contribution in [-0.4, -0.2) is 54.4 Å². The molecule has 5 nitrogen and oxygen atoms in total. The molecule has 2 aromatic rings. The van der Waals surface area contributed by atoms with E-state index in [1.807, 2.05) is 52.3 Å². The van der Waals surface area contributed by atoms with E-state index in [4.69, 9.17) is 4.74 Å². The lowest BCUT2D eigenvalue weighted by Crippen LogP contribution is -2.51. The fourth-order valence-electron chi connectivity index (χ4n) is 5.32. The number of piperidine rings is 2. The first-order chi connectivity index (χ1) is 16.8. The van der Waals surface area contributed by atoms with Gasteiger partial charge in [-0.05, 0) is 67.3 Å². The normalized spacial score (nSPS) is 21.0. The van der Waals surface area contributed by atoms with Crippen LogP contribution in [0.1, 0.15) is 75.2 Å². The fraction of sp³-hybridized carbons (Fsp3) is 0.533. The quantitative estimate of drug-likeness (QED) is 0.538. The Morgan fingerprint density at radius 3 is 2.17 bits per heavy atom. The molecule has 2 amide bonds. The number of carbonyl (C=O) groups is 2. The van der Waals surface area contributed by atoms with E-state index in [1.165, 1.54) is 12.0 Å². The van der Waals surface area contributed by atoms with Crippen molar-refractivity contribution in [3.63, 3.8) is 0 Å². The molecular formula is C30H40N2O3. The molecule has 35 heavy (non-hydrogen) atoms. The number of benzene rings is 2. The third-order valence-electron chi connectivity index (χ3n) is 7.47. The maximum atomic E-state index is 13.5. The van der Waals surface area contributed by atoms with Crippen LogP contribution in [0, 0.1) is 5.41 Å². The minimum Gasteiger partial charge on any atom is -0.493 e. The molecule has 188 valence electrons. The zero-order valence-electron chi connectivity index (χ0n) is 21.6. The lowest BCUT2D eigenvalue weighted by molar-refractivity contribution is -0.136. The fourth-order valence-corrected chi connectivity index (χ4v) is 5.32. The minimum absolute atomic E-state index is 0.0414. The van der Waals surface area contributed by atoms with Crippen LogP contribution >= 0.6 is 0 Å². The highest BCUT2D eigenvalue weighted by Gasteiger charge is 2.41. The lowest BCUT2D eigenvalue weighted by atomic mass is 9.77. The summed E-state index contributed by atoms with van der Waals surface area (Å²) in [5.41, 5.74) is 1.58. The van der Waals surface area contributed by atoms with Crippen molar-refractivity contribution >= 4 is 11.8 Å². The summed E-state index contributed by atoms with van der Waals surface area (Å²) in [5.74, 6) is 1.04. The third kappa shape index (κ3) is 6.45. The van der Waals surface area contributed by atoms with Crippen LogP contribution in [0.4, 0.5) is 0 Å². The van der Waals surface area contributed by atoms with Gasteiger partial charge in [0, 0.05) is 43.6 Å². The van der Waals surface area contributed by atoms with Crippen LogP contribution in [0.15, 0.2) is 54.6 Å². The summed E-state index contributed by atoms with van der Waals surface area (Å²) in [7, 11) is 0. The molecule has 0 aliphatic carbocycles. The van der Waals surface area contributed by atoms with Gasteiger partial charge in [0.05, 0.1) is 6.61 Å². The Morgan fingerprint density at radius 2 is 1.51 bits per heavy atom. The molecule has 4 rings (SSSR count). The molecular weight excluding hydrogens is 436 g/mol. The topological polar surface area (TPSA) is 49.9 Å². The van der Waals surface area contributed by atoms with Gasteiger partial charge in [-0.3, -0.25) is 9.59 Å². The molecule has 0 N–H and O–H groups in total. The van der Waals surface area contributed by atoms with E-state index >= 15 is 0 Å². The summed E-state index contributed by atoms with van der Waals surface area (Å²) in [5, 5.41) is 0. The molecule has 2 aliphatic heterocycles. The molecule has 2 saturated heterocycles. The highest BCUT2D eigenvalue weighted by molar-refractivity contribution is 5.94. The number of likely N-dealkylation sites (tertiary alicyclic amines) is 2. The molecule has 0 bridgehead atoms. The summed E-state index contributed by atoms with van der Waals surface area (Å²) >= 11 is 0. The first-order valence-electron chi connectivity index (χ1n) is 13.1. The smallest absolute Gasteiger partial charge is 0.253 e. The van der Waals surface area contributed by atoms with Crippen molar-refractivity contribution in [3.8, 4) is 5.75 Å². The van der Waals surface area contributed by atoms with Gasteiger partial charge in [0.15, 0.2) is 0 Å². The molecule has 2 fully saturated rings. The Bertz CT molecular complexity index is 991. The third-order valence-corrected chi connectivity index (χ3v) is 7.47. The van der Waals surface area contributed by atoms with Crippen LogP contribution in [0.2, 0.25) is 0 Å². The van der Waals surface area contributed by atoms with Gasteiger partial charge in [-0.1, -0.05) is 51.1 Å². The van der Waals surface area contributed by atoms with Crippen molar-refractivity contribution in [1.82, 2.24) is 9.80 Å². The number of amides is 2. The molecule has 0 spiro atoms. The van der Waals surface area contributed by atoms with E-state index in [0.29, 0.717) is 31.7 Å². The van der Waals surface area contributed by atoms with Crippen LogP contribution in [0.5, 0.6) is 5.75 Å². The SMILES string of the molecule is CC(C)(C)c1ccc(C(=O)N2CCC[C@](COc3ccccc3)(CC(=O)N3CCCCC3)C2)cc1. The summed E-state index contributed by atoms with van der Waals surface area (Å²) < 4.78 is 6.22. The van der Waals surface area contributed by atoms with Crippen molar-refractivity contribution in [2.75, 3.05) is 32.8 Å². The maximum Gasteiger partial charge on any atom is 0.253 e. The van der Waals surface area contributed by atoms with Crippen molar-refractivity contribution in [2.45, 2.75) is 64.7 Å². The number of ether oxygens (including phenoxy) is 1. The highest BCUT2D eigenvalue weighted by atomic mass is 16.5. The molecule has 2 aromatic carbocycles. The second-order valence-electron chi connectivity index (χ2n) is 11.4. The van der Waals surface area contributed by atoms with Crippen LogP contribution < -0.4 is 4.74 Å². The molecule has 1 atom stereocenters. The second-order valence-corrected chi connectivity index (χ2v) is 11.4. The molecule has 2 heterocycles. The van der Waals surface area contributed by atoms with E-state index in [1.54, 1.807) is 0 Å². The maximum absolute atomic E-state index is 13.5. The van der Waals surface area contributed by atoms with Crippen LogP contribution in [-0.2, 0) is 10.2 Å². The Labute approximate surface area is 210 Å². The van der Waals surface area contributed by atoms with Gasteiger partial charge in [-0.2, -0.15) is 0 Å². The van der Waals surface area contributed by atoms with Crippen molar-refractivity contribution in [2.24, 2.45) is 5.41 Å². The van der Waals surface area contributed by atoms with E-state index < -0.39 is 0 Å². The van der Waals surface area contributed by atoms with E-state index in [0.717, 1.165) is 44.5 Å². The number of rotatable bonds is 6. The Balaban J connectivity index is 1.51. The van der Waals surface area contributed by atoms with Crippen LogP contribution in [0.25, 0.3) is 0 Å². The van der Waals surface area contributed by atoms with Gasteiger partial charge < -0.3 is 14.5 Å². The molecule has 2 aliphatic rings. The van der Waals surface area contributed by atoms with Gasteiger partial charge in [0.2, 0.25) is 5.91 Å². The first-order valence-corrected chi connectivity index (χ1v) is 13.1. The van der Waals surface area contributed by atoms with Gasteiger partial charge in [-0.25, -0.2) is 0 Å². The van der Waals surface area contributed by atoms with Crippen molar-refractivity contribution in [1.29, 1.82) is 0 Å². The number of hydrogen-bond acceptors (Lipinski definition) is 3. The number of para-hydroxylation sites is 1. The lowest BCUT2D eigenvalue weighted by Gasteiger charge is -2.43. The van der Waals surface area contributed by atoms with Crippen molar-refractivity contribution < 1.29 is 14.3 Å².